The van der Waals surface area contributed by atoms with E-state index in [-0.39, 0.29) is 25.3 Å². The summed E-state index contributed by atoms with van der Waals surface area (Å²) in [4.78, 5) is 21.5. The van der Waals surface area contributed by atoms with Crippen LogP contribution in [0.1, 0.15) is 127 Å². The molecule has 46 heavy (non-hydrogen) atoms. The van der Waals surface area contributed by atoms with Gasteiger partial charge in [-0.15, -0.1) is 0 Å². The molecule has 3 aromatic rings. The van der Waals surface area contributed by atoms with E-state index in [2.05, 4.69) is 0 Å². The number of ether oxygens (including phenoxy) is 3. The quantitative estimate of drug-likeness (QED) is 0.257. The first-order chi connectivity index (χ1) is 22.4. The monoisotopic (exact) mass is 647 g/mol. The van der Waals surface area contributed by atoms with Crippen molar-refractivity contribution >= 4 is 12.1 Å². The molecule has 266 valence electrons. The molecule has 6 heteroatoms. The first-order valence-electron chi connectivity index (χ1n) is 17.1. The molecule has 0 fully saturated rings. The van der Waals surface area contributed by atoms with Crippen molar-refractivity contribution in [2.24, 2.45) is 0 Å². The Bertz CT molecular complexity index is 916. The highest BCUT2D eigenvalue weighted by molar-refractivity contribution is 5.65. The van der Waals surface area contributed by atoms with Gasteiger partial charge in [0.15, 0.2) is 0 Å². The number of rotatable bonds is 7. The van der Waals surface area contributed by atoms with Gasteiger partial charge in [0.05, 0.1) is 6.61 Å². The Morgan fingerprint density at radius 3 is 1.13 bits per heavy atom. The van der Waals surface area contributed by atoms with Crippen LogP contribution in [0.15, 0.2) is 91.0 Å². The molecule has 1 N–H and O–H groups in total. The van der Waals surface area contributed by atoms with Gasteiger partial charge >= 0.3 is 12.1 Å². The third kappa shape index (κ3) is 42.5. The molecule has 0 radical (unpaired) electrons. The summed E-state index contributed by atoms with van der Waals surface area (Å²) in [6.45, 7) is 30.0. The number of hydrogen-bond donors (Lipinski definition) is 1. The van der Waals surface area contributed by atoms with E-state index in [0.29, 0.717) is 6.61 Å². The number of aliphatic hydroxyl groups excluding tert-OH is 1. The second-order valence-corrected chi connectivity index (χ2v) is 7.27. The highest BCUT2D eigenvalue weighted by atomic mass is 16.7. The normalized spacial score (nSPS) is 8.43. The predicted molar refractivity (Wildman–Crippen MR) is 200 cm³/mol. The summed E-state index contributed by atoms with van der Waals surface area (Å²) >= 11 is 0. The van der Waals surface area contributed by atoms with Crippen LogP contribution >= 0.6 is 0 Å². The zero-order valence-corrected chi connectivity index (χ0v) is 32.1. The molecule has 0 amide bonds. The number of hydrogen-bond acceptors (Lipinski definition) is 6. The zero-order chi connectivity index (χ0) is 37.0. The number of carbonyl (C=O) groups excluding carboxylic acids is 2. The summed E-state index contributed by atoms with van der Waals surface area (Å²) in [5, 5.41) is 8.54. The molecule has 0 heterocycles. The molecule has 0 aliphatic rings. The highest BCUT2D eigenvalue weighted by Gasteiger charge is 2.08. The first-order valence-corrected chi connectivity index (χ1v) is 17.1. The van der Waals surface area contributed by atoms with Crippen molar-refractivity contribution in [3.05, 3.63) is 108 Å². The highest BCUT2D eigenvalue weighted by Crippen LogP contribution is 2.04. The largest absolute Gasteiger partial charge is 0.508 e. The maximum Gasteiger partial charge on any atom is 0.508 e. The molecular weight excluding hydrogens is 576 g/mol. The third-order valence-electron chi connectivity index (χ3n) is 4.38. The lowest BCUT2D eigenvalue weighted by Crippen LogP contribution is -2.14. The molecule has 3 rings (SSSR count). The molecule has 0 aromatic heterocycles. The Morgan fingerprint density at radius 2 is 0.870 bits per heavy atom. The summed E-state index contributed by atoms with van der Waals surface area (Å²) in [6, 6.07) is 28.6. The first kappa shape index (κ1) is 54.8. The molecule has 6 nitrogen and oxygen atoms in total. The summed E-state index contributed by atoms with van der Waals surface area (Å²) in [6.07, 6.45) is 0.0990. The standard InChI is InChI=1S/C12H16O3.C9H10O2.C7H8O.6C2H6/c1-3-10(2)15-12(13)14-9-11-7-5-4-6-8-11;1-8(10)11-7-9-5-3-2-4-6-9;8-6-7-4-2-1-3-5-7;6*1-2/h4-8,10H,3,9H2,1-2H3;2-6H,7H2,1H3;1-5,8H,6H2;6*1-2H3. The van der Waals surface area contributed by atoms with Crippen LogP contribution < -0.4 is 0 Å². The van der Waals surface area contributed by atoms with Gasteiger partial charge in [0, 0.05) is 6.92 Å². The fraction of sp³-hybridized carbons (Fsp3) is 0.500. The van der Waals surface area contributed by atoms with E-state index < -0.39 is 6.16 Å². The second-order valence-electron chi connectivity index (χ2n) is 7.27. The zero-order valence-electron chi connectivity index (χ0n) is 32.1. The summed E-state index contributed by atoms with van der Waals surface area (Å²) in [7, 11) is 0. The van der Waals surface area contributed by atoms with Crippen molar-refractivity contribution in [2.75, 3.05) is 0 Å². The fourth-order valence-corrected chi connectivity index (χ4v) is 2.34. The molecule has 3 aromatic carbocycles. The van der Waals surface area contributed by atoms with Crippen molar-refractivity contribution in [1.29, 1.82) is 0 Å². The van der Waals surface area contributed by atoms with Crippen LogP contribution in [0.25, 0.3) is 0 Å². The van der Waals surface area contributed by atoms with Crippen LogP contribution in [0.5, 0.6) is 0 Å². The molecule has 0 spiro atoms. The molecule has 0 aliphatic carbocycles. The lowest BCUT2D eigenvalue weighted by Gasteiger charge is -2.10. The average Bonchev–Trinajstić information content (AvgIpc) is 3.16. The maximum absolute atomic E-state index is 11.1. The molecule has 0 saturated carbocycles. The van der Waals surface area contributed by atoms with E-state index in [4.69, 9.17) is 19.3 Å². The van der Waals surface area contributed by atoms with Gasteiger partial charge in [-0.2, -0.15) is 0 Å². The molecule has 1 atom stereocenters. The van der Waals surface area contributed by atoms with Crippen LogP contribution in [0.4, 0.5) is 4.79 Å². The molecule has 0 bridgehead atoms. The SMILES string of the molecule is CC.CC.CC.CC.CC.CC.CC(=O)OCc1ccccc1.CCC(C)OC(=O)OCc1ccccc1.OCc1ccccc1. The number of aliphatic hydroxyl groups is 1. The van der Waals surface area contributed by atoms with E-state index in [1.165, 1.54) is 6.92 Å². The van der Waals surface area contributed by atoms with E-state index in [1.807, 2.05) is 188 Å². The van der Waals surface area contributed by atoms with Crippen molar-refractivity contribution in [1.82, 2.24) is 0 Å². The van der Waals surface area contributed by atoms with Crippen LogP contribution in [-0.2, 0) is 38.8 Å². The van der Waals surface area contributed by atoms with Crippen LogP contribution in [0, 0.1) is 0 Å². The van der Waals surface area contributed by atoms with E-state index in [0.717, 1.165) is 23.1 Å². The third-order valence-corrected chi connectivity index (χ3v) is 4.38. The van der Waals surface area contributed by atoms with Gasteiger partial charge in [-0.05, 0) is 30.0 Å². The van der Waals surface area contributed by atoms with Gasteiger partial charge in [0.25, 0.3) is 0 Å². The van der Waals surface area contributed by atoms with Gasteiger partial charge < -0.3 is 19.3 Å². The number of carbonyl (C=O) groups is 2. The van der Waals surface area contributed by atoms with Crippen molar-refractivity contribution in [3.63, 3.8) is 0 Å². The smallest absolute Gasteiger partial charge is 0.461 e. The lowest BCUT2D eigenvalue weighted by molar-refractivity contribution is -0.142. The Hall–Kier alpha value is -3.64. The minimum Gasteiger partial charge on any atom is -0.461 e. The summed E-state index contributed by atoms with van der Waals surface area (Å²) in [5.41, 5.74) is 2.94. The van der Waals surface area contributed by atoms with Crippen LogP contribution in [0.3, 0.4) is 0 Å². The number of benzene rings is 3. The van der Waals surface area contributed by atoms with Gasteiger partial charge in [-0.25, -0.2) is 4.79 Å². The topological polar surface area (TPSA) is 82.1 Å². The maximum atomic E-state index is 11.1. The minimum atomic E-state index is -0.604. The molecule has 1 unspecified atom stereocenters. The molecule has 0 aliphatic heterocycles. The Balaban J connectivity index is -0.000000115. The minimum absolute atomic E-state index is 0.0896. The Labute approximate surface area is 284 Å². The van der Waals surface area contributed by atoms with Gasteiger partial charge in [0.2, 0.25) is 0 Å². The predicted octanol–water partition coefficient (Wildman–Crippen LogP) is 12.2. The van der Waals surface area contributed by atoms with Crippen molar-refractivity contribution < 1.29 is 28.9 Å². The number of esters is 1. The van der Waals surface area contributed by atoms with Crippen LogP contribution in [-0.4, -0.2) is 23.3 Å². The van der Waals surface area contributed by atoms with E-state index in [1.54, 1.807) is 0 Å². The van der Waals surface area contributed by atoms with Crippen molar-refractivity contribution in [3.8, 4) is 0 Å². The molecule has 0 saturated heterocycles. The Kier molecular flexibility index (Phi) is 60.7. The van der Waals surface area contributed by atoms with E-state index >= 15 is 0 Å². The second kappa shape index (κ2) is 51.0. The van der Waals surface area contributed by atoms with Crippen molar-refractivity contribution in [2.45, 2.75) is 136 Å². The molecular formula is C40H70O6. The lowest BCUT2D eigenvalue weighted by atomic mass is 10.2. The van der Waals surface area contributed by atoms with E-state index in [9.17, 15) is 9.59 Å². The van der Waals surface area contributed by atoms with Crippen LogP contribution in [0.2, 0.25) is 0 Å². The van der Waals surface area contributed by atoms with Gasteiger partial charge in [0.1, 0.15) is 19.3 Å². The summed E-state index contributed by atoms with van der Waals surface area (Å²) in [5.74, 6) is -0.242. The fourth-order valence-electron chi connectivity index (χ4n) is 2.34. The Morgan fingerprint density at radius 1 is 0.565 bits per heavy atom. The summed E-state index contributed by atoms with van der Waals surface area (Å²) < 4.78 is 14.7. The van der Waals surface area contributed by atoms with Gasteiger partial charge in [-0.3, -0.25) is 4.79 Å². The van der Waals surface area contributed by atoms with Gasteiger partial charge in [-0.1, -0.05) is 181 Å². The average molecular weight is 647 g/mol.